The summed E-state index contributed by atoms with van der Waals surface area (Å²) in [5.74, 6) is 0. The molecule has 1 heterocycles. The first-order chi connectivity index (χ1) is 11.5. The van der Waals surface area contributed by atoms with Crippen LogP contribution in [0.4, 0.5) is 24.5 Å². The number of nitrogens with one attached hydrogen (secondary N) is 1. The summed E-state index contributed by atoms with van der Waals surface area (Å²) in [6, 6.07) is 13.6. The highest BCUT2D eigenvalue weighted by molar-refractivity contribution is 5.55. The Morgan fingerprint density at radius 3 is 2.21 bits per heavy atom. The van der Waals surface area contributed by atoms with Crippen molar-refractivity contribution in [1.29, 1.82) is 0 Å². The van der Waals surface area contributed by atoms with Crippen LogP contribution in [0.15, 0.2) is 48.5 Å². The molecule has 1 aliphatic heterocycles. The number of anilines is 2. The number of rotatable bonds is 4. The molecule has 24 heavy (non-hydrogen) atoms. The molecule has 1 N–H and O–H groups in total. The number of halogens is 3. The molecule has 2 aromatic carbocycles. The monoisotopic (exact) mass is 334 g/mol. The van der Waals surface area contributed by atoms with Crippen LogP contribution < -0.4 is 10.2 Å². The molecule has 0 aromatic heterocycles. The molecule has 3 rings (SSSR count). The smallest absolute Gasteiger partial charge is 0.381 e. The van der Waals surface area contributed by atoms with E-state index in [1.807, 2.05) is 24.3 Å². The molecular weight excluding hydrogens is 313 g/mol. The van der Waals surface area contributed by atoms with E-state index in [0.29, 0.717) is 0 Å². The van der Waals surface area contributed by atoms with Gasteiger partial charge in [-0.3, -0.25) is 0 Å². The fourth-order valence-corrected chi connectivity index (χ4v) is 3.09. The minimum absolute atomic E-state index is 0.152. The van der Waals surface area contributed by atoms with Gasteiger partial charge in [-0.05, 0) is 55.2 Å². The maximum Gasteiger partial charge on any atom is 0.416 e. The number of hydrogen-bond acceptors (Lipinski definition) is 2. The average Bonchev–Trinajstić information content (AvgIpc) is 2.61. The number of nitrogens with zero attached hydrogens (tertiary/aromatic N) is 1. The molecule has 0 aliphatic carbocycles. The van der Waals surface area contributed by atoms with Gasteiger partial charge in [0.05, 0.1) is 5.56 Å². The summed E-state index contributed by atoms with van der Waals surface area (Å²) in [7, 11) is 0. The minimum Gasteiger partial charge on any atom is -0.381 e. The quantitative estimate of drug-likeness (QED) is 0.815. The Kier molecular flexibility index (Phi) is 4.97. The number of hydrogen-bond donors (Lipinski definition) is 1. The van der Waals surface area contributed by atoms with Crippen molar-refractivity contribution < 1.29 is 13.2 Å². The Bertz CT molecular complexity index is 659. The van der Waals surface area contributed by atoms with E-state index in [1.54, 1.807) is 6.07 Å². The van der Waals surface area contributed by atoms with Crippen LogP contribution in [0.1, 0.15) is 30.4 Å². The van der Waals surface area contributed by atoms with E-state index in [-0.39, 0.29) is 12.1 Å². The molecule has 1 saturated heterocycles. The molecule has 0 amide bonds. The molecule has 0 unspecified atom stereocenters. The Balaban J connectivity index is 1.65. The van der Waals surface area contributed by atoms with Crippen LogP contribution in [0, 0.1) is 0 Å². The zero-order valence-corrected chi connectivity index (χ0v) is 13.4. The fourth-order valence-electron chi connectivity index (χ4n) is 3.09. The van der Waals surface area contributed by atoms with Crippen molar-refractivity contribution in [3.63, 3.8) is 0 Å². The van der Waals surface area contributed by atoms with Gasteiger partial charge >= 0.3 is 6.18 Å². The molecule has 2 nitrogen and oxygen atoms in total. The molecule has 128 valence electrons. The van der Waals surface area contributed by atoms with Crippen LogP contribution in [-0.4, -0.2) is 13.1 Å². The van der Waals surface area contributed by atoms with Crippen molar-refractivity contribution in [3.8, 4) is 0 Å². The molecule has 1 aliphatic rings. The maximum atomic E-state index is 13.0. The summed E-state index contributed by atoms with van der Waals surface area (Å²) in [5, 5.41) is 3.09. The van der Waals surface area contributed by atoms with Gasteiger partial charge in [0.25, 0.3) is 0 Å². The van der Waals surface area contributed by atoms with E-state index in [9.17, 15) is 13.2 Å². The van der Waals surface area contributed by atoms with Crippen LogP contribution in [0.3, 0.4) is 0 Å². The molecule has 0 radical (unpaired) electrons. The minimum atomic E-state index is -4.32. The summed E-state index contributed by atoms with van der Waals surface area (Å²) in [4.78, 5) is 2.35. The van der Waals surface area contributed by atoms with E-state index in [1.165, 1.54) is 37.1 Å². The highest BCUT2D eigenvalue weighted by Gasteiger charge is 2.32. The summed E-state index contributed by atoms with van der Waals surface area (Å²) < 4.78 is 39.0. The Hall–Kier alpha value is -2.17. The third kappa shape index (κ3) is 4.02. The number of benzene rings is 2. The van der Waals surface area contributed by atoms with Crippen molar-refractivity contribution in [3.05, 3.63) is 59.7 Å². The zero-order valence-electron chi connectivity index (χ0n) is 13.4. The van der Waals surface area contributed by atoms with Crippen molar-refractivity contribution in [2.45, 2.75) is 32.0 Å². The van der Waals surface area contributed by atoms with Crippen LogP contribution in [0.5, 0.6) is 0 Å². The molecule has 0 bridgehead atoms. The Labute approximate surface area is 140 Å². The largest absolute Gasteiger partial charge is 0.416 e. The van der Waals surface area contributed by atoms with Crippen LogP contribution in [-0.2, 0) is 12.7 Å². The lowest BCUT2D eigenvalue weighted by atomic mass is 10.1. The van der Waals surface area contributed by atoms with Gasteiger partial charge in [-0.15, -0.1) is 0 Å². The molecule has 2 aromatic rings. The third-order valence-corrected chi connectivity index (χ3v) is 4.39. The molecule has 0 spiro atoms. The van der Waals surface area contributed by atoms with Gasteiger partial charge in [-0.2, -0.15) is 13.2 Å². The van der Waals surface area contributed by atoms with E-state index < -0.39 is 11.7 Å². The van der Waals surface area contributed by atoms with Crippen LogP contribution in [0.25, 0.3) is 0 Å². The van der Waals surface area contributed by atoms with Gasteiger partial charge in [0.1, 0.15) is 0 Å². The predicted molar refractivity (Wildman–Crippen MR) is 91.3 cm³/mol. The molecule has 1 fully saturated rings. The maximum absolute atomic E-state index is 13.0. The first-order valence-corrected chi connectivity index (χ1v) is 8.28. The van der Waals surface area contributed by atoms with E-state index in [2.05, 4.69) is 10.2 Å². The summed E-state index contributed by atoms with van der Waals surface area (Å²) >= 11 is 0. The van der Waals surface area contributed by atoms with Crippen molar-refractivity contribution in [1.82, 2.24) is 0 Å². The average molecular weight is 334 g/mol. The molecular formula is C19H21F3N2. The standard InChI is InChI=1S/C19H21F3N2/c20-19(21,22)18-7-3-2-6-15(18)14-23-16-8-10-17(11-9-16)24-12-4-1-5-13-24/h2-3,6-11,23H,1,4-5,12-14H2. The second-order valence-electron chi connectivity index (χ2n) is 6.10. The van der Waals surface area contributed by atoms with Crippen molar-refractivity contribution in [2.75, 3.05) is 23.3 Å². The Morgan fingerprint density at radius 1 is 0.875 bits per heavy atom. The van der Waals surface area contributed by atoms with E-state index >= 15 is 0 Å². The normalized spacial score (nSPS) is 15.4. The van der Waals surface area contributed by atoms with Gasteiger partial charge in [0.15, 0.2) is 0 Å². The summed E-state index contributed by atoms with van der Waals surface area (Å²) in [5.41, 5.74) is 1.68. The van der Waals surface area contributed by atoms with E-state index in [0.717, 1.165) is 24.8 Å². The molecule has 0 atom stereocenters. The lowest BCUT2D eigenvalue weighted by Gasteiger charge is -2.28. The van der Waals surface area contributed by atoms with Gasteiger partial charge in [0, 0.05) is 31.0 Å². The zero-order chi connectivity index (χ0) is 17.0. The number of piperidine rings is 1. The highest BCUT2D eigenvalue weighted by Crippen LogP contribution is 2.32. The topological polar surface area (TPSA) is 15.3 Å². The van der Waals surface area contributed by atoms with Crippen molar-refractivity contribution in [2.24, 2.45) is 0 Å². The second-order valence-corrected chi connectivity index (χ2v) is 6.10. The number of alkyl halides is 3. The lowest BCUT2D eigenvalue weighted by molar-refractivity contribution is -0.138. The molecule has 0 saturated carbocycles. The van der Waals surface area contributed by atoms with Gasteiger partial charge in [-0.25, -0.2) is 0 Å². The second kappa shape index (κ2) is 7.16. The molecule has 5 heteroatoms. The first kappa shape index (κ1) is 16.7. The van der Waals surface area contributed by atoms with Crippen LogP contribution in [0.2, 0.25) is 0 Å². The first-order valence-electron chi connectivity index (χ1n) is 8.28. The summed E-state index contributed by atoms with van der Waals surface area (Å²) in [6.07, 6.45) is -0.604. The third-order valence-electron chi connectivity index (χ3n) is 4.39. The highest BCUT2D eigenvalue weighted by atomic mass is 19.4. The van der Waals surface area contributed by atoms with Gasteiger partial charge in [0.2, 0.25) is 0 Å². The van der Waals surface area contributed by atoms with Crippen molar-refractivity contribution >= 4 is 11.4 Å². The van der Waals surface area contributed by atoms with Gasteiger partial charge < -0.3 is 10.2 Å². The SMILES string of the molecule is FC(F)(F)c1ccccc1CNc1ccc(N2CCCCC2)cc1. The Morgan fingerprint density at radius 2 is 1.54 bits per heavy atom. The van der Waals surface area contributed by atoms with E-state index in [4.69, 9.17) is 0 Å². The fraction of sp³-hybridized carbons (Fsp3) is 0.368. The lowest BCUT2D eigenvalue weighted by Crippen LogP contribution is -2.29. The summed E-state index contributed by atoms with van der Waals surface area (Å²) in [6.45, 7) is 2.30. The van der Waals surface area contributed by atoms with Gasteiger partial charge in [-0.1, -0.05) is 18.2 Å². The predicted octanol–water partition coefficient (Wildman–Crippen LogP) is 5.31. The van der Waals surface area contributed by atoms with Crippen LogP contribution >= 0.6 is 0 Å².